The third kappa shape index (κ3) is 4.42. The molecule has 0 aliphatic heterocycles. The monoisotopic (exact) mass is 412 g/mol. The van der Waals surface area contributed by atoms with E-state index < -0.39 is 23.8 Å². The zero-order valence-electron chi connectivity index (χ0n) is 14.3. The number of rotatable bonds is 5. The number of nitrogens with zero attached hydrogens (tertiary/aromatic N) is 4. The van der Waals surface area contributed by atoms with E-state index in [2.05, 4.69) is 19.1 Å². The van der Waals surface area contributed by atoms with Gasteiger partial charge in [-0.05, 0) is 29.8 Å². The van der Waals surface area contributed by atoms with Crippen molar-refractivity contribution in [3.63, 3.8) is 0 Å². The normalized spacial score (nSPS) is 11.3. The number of ether oxygens (including phenoxy) is 1. The third-order valence-corrected chi connectivity index (χ3v) is 4.34. The summed E-state index contributed by atoms with van der Waals surface area (Å²) in [4.78, 5) is 20.3. The number of esters is 1. The third-order valence-electron chi connectivity index (χ3n) is 3.60. The highest BCUT2D eigenvalue weighted by atomic mass is 32.1. The molecule has 0 amide bonds. The first-order valence-electron chi connectivity index (χ1n) is 7.75. The second kappa shape index (κ2) is 7.89. The van der Waals surface area contributed by atoms with Crippen molar-refractivity contribution in [1.82, 2.24) is 14.3 Å². The summed E-state index contributed by atoms with van der Waals surface area (Å²) < 4.78 is 59.7. The Morgan fingerprint density at radius 3 is 2.43 bits per heavy atom. The molecule has 0 saturated heterocycles. The number of halogens is 4. The quantitative estimate of drug-likeness (QED) is 0.462. The maximum absolute atomic E-state index is 13.2. The maximum Gasteiger partial charge on any atom is 0.452 e. The van der Waals surface area contributed by atoms with Crippen LogP contribution in [-0.2, 0) is 17.5 Å². The number of benzene rings is 1. The van der Waals surface area contributed by atoms with Crippen LogP contribution in [-0.4, -0.2) is 27.4 Å². The fourth-order valence-corrected chi connectivity index (χ4v) is 2.96. The first-order valence-corrected chi connectivity index (χ1v) is 8.52. The van der Waals surface area contributed by atoms with Crippen LogP contribution in [0.3, 0.4) is 0 Å². The van der Waals surface area contributed by atoms with Gasteiger partial charge in [0.15, 0.2) is 0 Å². The summed E-state index contributed by atoms with van der Waals surface area (Å²) in [6, 6.07) is 8.76. The Hall–Kier alpha value is -3.08. The number of carbonyl (C=O) groups is 1. The van der Waals surface area contributed by atoms with E-state index in [1.807, 2.05) is 0 Å². The first-order chi connectivity index (χ1) is 13.3. The predicted octanol–water partition coefficient (Wildman–Crippen LogP) is 4.22. The fourth-order valence-electron chi connectivity index (χ4n) is 2.26. The van der Waals surface area contributed by atoms with Gasteiger partial charge >= 0.3 is 12.1 Å². The van der Waals surface area contributed by atoms with Crippen molar-refractivity contribution < 1.29 is 27.1 Å². The maximum atomic E-state index is 13.2. The molecule has 2 aromatic heterocycles. The number of pyridine rings is 1. The summed E-state index contributed by atoms with van der Waals surface area (Å²) in [6.45, 7) is 0.0760. The lowest BCUT2D eigenvalue weighted by atomic mass is 10.1. The number of aromatic nitrogens is 3. The van der Waals surface area contributed by atoms with Gasteiger partial charge in [-0.1, -0.05) is 12.1 Å². The summed E-state index contributed by atoms with van der Waals surface area (Å²) in [5, 5.41) is -0.0523. The van der Waals surface area contributed by atoms with Crippen LogP contribution < -0.4 is 4.90 Å². The molecule has 0 aliphatic carbocycles. The summed E-state index contributed by atoms with van der Waals surface area (Å²) in [5.74, 6) is -2.16. The van der Waals surface area contributed by atoms with Gasteiger partial charge < -0.3 is 4.74 Å². The first kappa shape index (κ1) is 19.7. The molecule has 0 fully saturated rings. The highest BCUT2D eigenvalue weighted by Gasteiger charge is 2.36. The molecule has 0 N–H and O–H groups in total. The van der Waals surface area contributed by atoms with Crippen LogP contribution >= 0.6 is 11.5 Å². The van der Waals surface area contributed by atoms with Gasteiger partial charge in [0.1, 0.15) is 11.6 Å². The molecule has 0 bridgehead atoms. The molecule has 1 aromatic carbocycles. The van der Waals surface area contributed by atoms with Crippen molar-refractivity contribution in [3.8, 4) is 0 Å². The molecule has 0 aliphatic rings. The SMILES string of the molecule is COC(=O)c1ccc(CN(c2ccc(F)cn2)c2nc(C(F)(F)F)ns2)cc1. The van der Waals surface area contributed by atoms with E-state index in [1.54, 1.807) is 12.1 Å². The van der Waals surface area contributed by atoms with Crippen LogP contribution in [0.2, 0.25) is 0 Å². The minimum absolute atomic E-state index is 0.0523. The van der Waals surface area contributed by atoms with E-state index in [4.69, 9.17) is 0 Å². The molecular weight excluding hydrogens is 400 g/mol. The lowest BCUT2D eigenvalue weighted by molar-refractivity contribution is -0.144. The molecule has 0 unspecified atom stereocenters. The Balaban J connectivity index is 1.93. The van der Waals surface area contributed by atoms with Crippen molar-refractivity contribution in [3.05, 3.63) is 65.4 Å². The zero-order valence-corrected chi connectivity index (χ0v) is 15.1. The largest absolute Gasteiger partial charge is 0.465 e. The van der Waals surface area contributed by atoms with Gasteiger partial charge in [0.2, 0.25) is 11.0 Å². The van der Waals surface area contributed by atoms with Crippen LogP contribution in [0.1, 0.15) is 21.7 Å². The Bertz CT molecular complexity index is 959. The van der Waals surface area contributed by atoms with E-state index in [9.17, 15) is 22.4 Å². The van der Waals surface area contributed by atoms with E-state index >= 15 is 0 Å². The molecule has 0 radical (unpaired) electrons. The molecule has 6 nitrogen and oxygen atoms in total. The summed E-state index contributed by atoms with van der Waals surface area (Å²) in [5.41, 5.74) is 0.982. The average molecular weight is 412 g/mol. The van der Waals surface area contributed by atoms with Crippen molar-refractivity contribution in [2.24, 2.45) is 0 Å². The van der Waals surface area contributed by atoms with Crippen molar-refractivity contribution in [1.29, 1.82) is 0 Å². The molecule has 2 heterocycles. The second-order valence-electron chi connectivity index (χ2n) is 5.51. The van der Waals surface area contributed by atoms with Crippen LogP contribution in [0.25, 0.3) is 0 Å². The highest BCUT2D eigenvalue weighted by molar-refractivity contribution is 7.09. The zero-order chi connectivity index (χ0) is 20.3. The van der Waals surface area contributed by atoms with Gasteiger partial charge in [0.05, 0.1) is 25.4 Å². The Morgan fingerprint density at radius 2 is 1.89 bits per heavy atom. The van der Waals surface area contributed by atoms with Crippen LogP contribution in [0.4, 0.5) is 28.5 Å². The predicted molar refractivity (Wildman–Crippen MR) is 92.7 cm³/mol. The van der Waals surface area contributed by atoms with Crippen molar-refractivity contribution >= 4 is 28.5 Å². The van der Waals surface area contributed by atoms with E-state index in [0.29, 0.717) is 22.7 Å². The molecule has 3 aromatic rings. The van der Waals surface area contributed by atoms with Crippen LogP contribution in [0.15, 0.2) is 42.6 Å². The number of hydrogen-bond acceptors (Lipinski definition) is 7. The molecule has 0 spiro atoms. The lowest BCUT2D eigenvalue weighted by Crippen LogP contribution is -2.18. The van der Waals surface area contributed by atoms with Crippen LogP contribution in [0.5, 0.6) is 0 Å². The van der Waals surface area contributed by atoms with Gasteiger partial charge in [-0.2, -0.15) is 22.5 Å². The summed E-state index contributed by atoms with van der Waals surface area (Å²) in [6.07, 6.45) is -3.73. The molecule has 11 heteroatoms. The summed E-state index contributed by atoms with van der Waals surface area (Å²) in [7, 11) is 1.26. The average Bonchev–Trinajstić information content (AvgIpc) is 3.17. The second-order valence-corrected chi connectivity index (χ2v) is 6.24. The van der Waals surface area contributed by atoms with E-state index in [1.165, 1.54) is 30.2 Å². The van der Waals surface area contributed by atoms with Gasteiger partial charge in [-0.25, -0.2) is 14.2 Å². The Morgan fingerprint density at radius 1 is 1.18 bits per heavy atom. The minimum atomic E-state index is -4.68. The number of hydrogen-bond donors (Lipinski definition) is 0. The van der Waals surface area contributed by atoms with E-state index in [-0.39, 0.29) is 17.5 Å². The molecule has 0 atom stereocenters. The minimum Gasteiger partial charge on any atom is -0.465 e. The molecular formula is C17H12F4N4O2S. The fraction of sp³-hybridized carbons (Fsp3) is 0.176. The van der Waals surface area contributed by atoms with Crippen molar-refractivity contribution in [2.45, 2.75) is 12.7 Å². The van der Waals surface area contributed by atoms with Gasteiger partial charge in [0.25, 0.3) is 0 Å². The highest BCUT2D eigenvalue weighted by Crippen LogP contribution is 2.33. The standard InChI is InChI=1S/C17H12F4N4O2S/c1-27-14(26)11-4-2-10(3-5-11)9-25(13-7-6-12(18)8-22-13)16-23-15(24-28-16)17(19,20)21/h2-8H,9H2,1H3. The molecule has 3 rings (SSSR count). The van der Waals surface area contributed by atoms with Gasteiger partial charge in [-0.3, -0.25) is 4.90 Å². The number of methoxy groups -OCH3 is 1. The van der Waals surface area contributed by atoms with Gasteiger partial charge in [0, 0.05) is 11.5 Å². The molecule has 0 saturated carbocycles. The number of anilines is 2. The molecule has 146 valence electrons. The van der Waals surface area contributed by atoms with Gasteiger partial charge in [-0.15, -0.1) is 0 Å². The Kier molecular flexibility index (Phi) is 5.54. The van der Waals surface area contributed by atoms with Crippen molar-refractivity contribution in [2.75, 3.05) is 12.0 Å². The number of alkyl halides is 3. The smallest absolute Gasteiger partial charge is 0.452 e. The van der Waals surface area contributed by atoms with Crippen LogP contribution in [0, 0.1) is 5.82 Å². The summed E-state index contributed by atoms with van der Waals surface area (Å²) >= 11 is 0.551. The number of carbonyl (C=O) groups excluding carboxylic acids is 1. The lowest BCUT2D eigenvalue weighted by Gasteiger charge is -2.20. The Labute approximate surface area is 160 Å². The van der Waals surface area contributed by atoms with E-state index in [0.717, 1.165) is 12.3 Å². The molecule has 28 heavy (non-hydrogen) atoms. The topological polar surface area (TPSA) is 68.2 Å².